The summed E-state index contributed by atoms with van der Waals surface area (Å²) in [7, 11) is -1.55. The van der Waals surface area contributed by atoms with E-state index in [0.29, 0.717) is 31.3 Å². The molecule has 3 N–H and O–H groups in total. The Morgan fingerprint density at radius 3 is 2.57 bits per heavy atom. The van der Waals surface area contributed by atoms with Gasteiger partial charge < -0.3 is 11.1 Å². The summed E-state index contributed by atoms with van der Waals surface area (Å²) in [5.74, 6) is 1.09. The van der Waals surface area contributed by atoms with E-state index in [2.05, 4.69) is 5.32 Å². The number of fused-ring (bicyclic) bond motifs is 2. The van der Waals surface area contributed by atoms with Crippen LogP contribution >= 0.6 is 0 Å². The van der Waals surface area contributed by atoms with Crippen molar-refractivity contribution in [2.45, 2.75) is 38.6 Å². The van der Waals surface area contributed by atoms with Crippen LogP contribution < -0.4 is 11.1 Å². The number of carbonyl (C=O) groups is 1. The molecule has 0 spiro atoms. The minimum absolute atomic E-state index is 0.00638. The van der Waals surface area contributed by atoms with Gasteiger partial charge in [0.2, 0.25) is 15.9 Å². The quantitative estimate of drug-likeness (QED) is 0.654. The second-order valence-electron chi connectivity index (χ2n) is 6.30. The normalized spacial score (nSPS) is 31.8. The third kappa shape index (κ3) is 3.57. The Bertz CT molecular complexity index is 478. The average molecular weight is 317 g/mol. The van der Waals surface area contributed by atoms with Gasteiger partial charge in [0.1, 0.15) is 0 Å². The summed E-state index contributed by atoms with van der Waals surface area (Å²) in [6.07, 6.45) is 4.00. The fourth-order valence-electron chi connectivity index (χ4n) is 3.72. The van der Waals surface area contributed by atoms with Crippen LogP contribution in [0.1, 0.15) is 32.6 Å². The zero-order chi connectivity index (χ0) is 15.6. The molecule has 0 saturated heterocycles. The third-order valence-corrected chi connectivity index (χ3v) is 6.93. The minimum atomic E-state index is -3.13. The third-order valence-electron chi connectivity index (χ3n) is 5.07. The van der Waals surface area contributed by atoms with Gasteiger partial charge in [0.05, 0.1) is 11.7 Å². The van der Waals surface area contributed by atoms with E-state index in [4.69, 9.17) is 5.73 Å². The molecule has 2 aliphatic carbocycles. The molecule has 2 rings (SSSR count). The van der Waals surface area contributed by atoms with Gasteiger partial charge in [0.15, 0.2) is 0 Å². The van der Waals surface area contributed by atoms with Gasteiger partial charge >= 0.3 is 0 Å². The maximum Gasteiger partial charge on any atom is 0.224 e. The van der Waals surface area contributed by atoms with Crippen LogP contribution in [-0.2, 0) is 14.8 Å². The predicted octanol–water partition coefficient (Wildman–Crippen LogP) is 0.148. The van der Waals surface area contributed by atoms with Gasteiger partial charge in [-0.1, -0.05) is 0 Å². The summed E-state index contributed by atoms with van der Waals surface area (Å²) in [5, 5.41) is 2.92. The van der Waals surface area contributed by atoms with Gasteiger partial charge in [-0.2, -0.15) is 0 Å². The topological polar surface area (TPSA) is 92.5 Å². The molecule has 2 saturated carbocycles. The van der Waals surface area contributed by atoms with Gasteiger partial charge in [-0.3, -0.25) is 4.79 Å². The number of hydrogen-bond acceptors (Lipinski definition) is 4. The molecule has 6 nitrogen and oxygen atoms in total. The van der Waals surface area contributed by atoms with Crippen molar-refractivity contribution in [3.63, 3.8) is 0 Å². The number of carbonyl (C=O) groups excluding carboxylic acids is 1. The molecule has 4 unspecified atom stereocenters. The summed E-state index contributed by atoms with van der Waals surface area (Å²) < 4.78 is 24.5. The Kier molecular flexibility index (Phi) is 5.27. The Morgan fingerprint density at radius 1 is 1.33 bits per heavy atom. The van der Waals surface area contributed by atoms with Crippen LogP contribution in [0, 0.1) is 17.8 Å². The van der Waals surface area contributed by atoms with Crippen molar-refractivity contribution in [2.24, 2.45) is 23.5 Å². The van der Waals surface area contributed by atoms with Crippen molar-refractivity contribution >= 4 is 15.9 Å². The molecule has 0 aliphatic heterocycles. The van der Waals surface area contributed by atoms with Gasteiger partial charge in [0, 0.05) is 26.2 Å². The first-order valence-electron chi connectivity index (χ1n) is 7.84. The highest BCUT2D eigenvalue weighted by Crippen LogP contribution is 2.47. The number of rotatable bonds is 7. The molecule has 2 bridgehead atoms. The predicted molar refractivity (Wildman–Crippen MR) is 82.0 cm³/mol. The lowest BCUT2D eigenvalue weighted by atomic mass is 9.84. The molecule has 0 aromatic rings. The second-order valence-corrected chi connectivity index (χ2v) is 8.67. The fourth-order valence-corrected chi connectivity index (χ4v) is 4.56. The number of nitrogens with zero attached hydrogens (tertiary/aromatic N) is 1. The number of hydrogen-bond donors (Lipinski definition) is 2. The van der Waals surface area contributed by atoms with E-state index in [1.807, 2.05) is 0 Å². The second kappa shape index (κ2) is 6.62. The van der Waals surface area contributed by atoms with Gasteiger partial charge in [-0.15, -0.1) is 0 Å². The van der Waals surface area contributed by atoms with Crippen LogP contribution in [0.4, 0.5) is 0 Å². The Hall–Kier alpha value is -0.660. The minimum Gasteiger partial charge on any atom is -0.356 e. The van der Waals surface area contributed by atoms with Gasteiger partial charge in [-0.05, 0) is 44.4 Å². The van der Waals surface area contributed by atoms with Crippen molar-refractivity contribution in [2.75, 3.05) is 25.9 Å². The van der Waals surface area contributed by atoms with Crippen LogP contribution in [0.25, 0.3) is 0 Å². The summed E-state index contributed by atoms with van der Waals surface area (Å²) in [4.78, 5) is 12.2. The van der Waals surface area contributed by atoms with E-state index >= 15 is 0 Å². The summed E-state index contributed by atoms with van der Waals surface area (Å²) in [6, 6.07) is 0.00638. The maximum absolute atomic E-state index is 12.2. The monoisotopic (exact) mass is 317 g/mol. The molecule has 7 heteroatoms. The van der Waals surface area contributed by atoms with E-state index in [1.54, 1.807) is 14.0 Å². The standard InChI is InChI=1S/C14H27N3O3S/c1-3-21(19,20)17(2)8-4-7-16-14(18)12-10-5-6-11(9-10)13(12)15/h10-13H,3-9,15H2,1-2H3,(H,16,18). The average Bonchev–Trinajstić information content (AvgIpc) is 3.03. The number of nitrogens with one attached hydrogen (secondary N) is 1. The molecule has 21 heavy (non-hydrogen) atoms. The molecule has 0 aromatic heterocycles. The Balaban J connectivity index is 1.71. The van der Waals surface area contributed by atoms with Crippen LogP contribution in [0.5, 0.6) is 0 Å². The van der Waals surface area contributed by atoms with Gasteiger partial charge in [0.25, 0.3) is 0 Å². The molecular formula is C14H27N3O3S. The lowest BCUT2D eigenvalue weighted by molar-refractivity contribution is -0.127. The number of nitrogens with two attached hydrogens (primary N) is 1. The first-order valence-corrected chi connectivity index (χ1v) is 9.45. The van der Waals surface area contributed by atoms with Crippen LogP contribution in [0.3, 0.4) is 0 Å². The number of amides is 1. The molecule has 122 valence electrons. The van der Waals surface area contributed by atoms with E-state index in [1.165, 1.54) is 4.31 Å². The van der Waals surface area contributed by atoms with Crippen molar-refractivity contribution in [1.82, 2.24) is 9.62 Å². The Labute approximate surface area is 127 Å². The molecular weight excluding hydrogens is 290 g/mol. The molecule has 1 amide bonds. The molecule has 2 fully saturated rings. The summed E-state index contributed by atoms with van der Waals surface area (Å²) in [5.41, 5.74) is 6.14. The first kappa shape index (κ1) is 16.7. The van der Waals surface area contributed by atoms with E-state index in [0.717, 1.165) is 19.3 Å². The van der Waals surface area contributed by atoms with Crippen molar-refractivity contribution in [3.05, 3.63) is 0 Å². The molecule has 4 atom stereocenters. The van der Waals surface area contributed by atoms with Crippen molar-refractivity contribution in [3.8, 4) is 0 Å². The van der Waals surface area contributed by atoms with E-state index < -0.39 is 10.0 Å². The van der Waals surface area contributed by atoms with E-state index in [-0.39, 0.29) is 23.6 Å². The maximum atomic E-state index is 12.2. The zero-order valence-electron chi connectivity index (χ0n) is 12.9. The highest BCUT2D eigenvalue weighted by Gasteiger charge is 2.48. The van der Waals surface area contributed by atoms with E-state index in [9.17, 15) is 13.2 Å². The Morgan fingerprint density at radius 2 is 2.00 bits per heavy atom. The molecule has 2 aliphatic rings. The summed E-state index contributed by atoms with van der Waals surface area (Å²) in [6.45, 7) is 2.56. The smallest absolute Gasteiger partial charge is 0.224 e. The number of sulfonamides is 1. The molecule has 0 aromatic carbocycles. The summed E-state index contributed by atoms with van der Waals surface area (Å²) >= 11 is 0. The fraction of sp³-hybridized carbons (Fsp3) is 0.929. The lowest BCUT2D eigenvalue weighted by Gasteiger charge is -2.27. The van der Waals surface area contributed by atoms with Crippen LogP contribution in [-0.4, -0.2) is 50.6 Å². The highest BCUT2D eigenvalue weighted by atomic mass is 32.2. The zero-order valence-corrected chi connectivity index (χ0v) is 13.7. The molecule has 0 heterocycles. The van der Waals surface area contributed by atoms with Crippen LogP contribution in [0.2, 0.25) is 0 Å². The van der Waals surface area contributed by atoms with Crippen molar-refractivity contribution in [1.29, 1.82) is 0 Å². The van der Waals surface area contributed by atoms with Crippen molar-refractivity contribution < 1.29 is 13.2 Å². The lowest BCUT2D eigenvalue weighted by Crippen LogP contribution is -2.45. The SMILES string of the molecule is CCS(=O)(=O)N(C)CCCNC(=O)C1C2CCC(C2)C1N. The van der Waals surface area contributed by atoms with Gasteiger partial charge in [-0.25, -0.2) is 12.7 Å². The van der Waals surface area contributed by atoms with Crippen LogP contribution in [0.15, 0.2) is 0 Å². The highest BCUT2D eigenvalue weighted by molar-refractivity contribution is 7.89. The first-order chi connectivity index (χ1) is 9.86. The largest absolute Gasteiger partial charge is 0.356 e. The molecule has 0 radical (unpaired) electrons.